The van der Waals surface area contributed by atoms with E-state index in [1.165, 1.54) is 0 Å². The molecule has 2 N–H and O–H groups in total. The molecule has 1 saturated heterocycles. The van der Waals surface area contributed by atoms with Crippen LogP contribution in [0.15, 0.2) is 0 Å². The van der Waals surface area contributed by atoms with Crippen LogP contribution < -0.4 is 5.32 Å². The summed E-state index contributed by atoms with van der Waals surface area (Å²) >= 11 is 0. The van der Waals surface area contributed by atoms with Gasteiger partial charge in [-0.15, -0.1) is 0 Å². The number of nitrogens with zero attached hydrogens (tertiary/aromatic N) is 1. The first-order chi connectivity index (χ1) is 6.20. The highest BCUT2D eigenvalue weighted by atomic mass is 16.3. The minimum atomic E-state index is -0.482. The maximum absolute atomic E-state index is 10.2. The minimum Gasteiger partial charge on any atom is -0.387 e. The highest BCUT2D eigenvalue weighted by molar-refractivity contribution is 4.87. The molecule has 1 atom stereocenters. The van der Waals surface area contributed by atoms with Gasteiger partial charge in [-0.3, -0.25) is 0 Å². The SMILES string of the molecule is CCN(CC)CC1(O)CCCNC1. The zero-order valence-electron chi connectivity index (χ0n) is 8.84. The molecule has 1 fully saturated rings. The number of aliphatic hydroxyl groups is 1. The molecule has 0 aromatic rings. The maximum Gasteiger partial charge on any atom is 0.0898 e. The van der Waals surface area contributed by atoms with Crippen LogP contribution in [0.2, 0.25) is 0 Å². The summed E-state index contributed by atoms with van der Waals surface area (Å²) in [6.07, 6.45) is 2.04. The van der Waals surface area contributed by atoms with E-state index in [2.05, 4.69) is 24.1 Å². The second-order valence-electron chi connectivity index (χ2n) is 3.97. The number of nitrogens with one attached hydrogen (secondary N) is 1. The molecule has 3 nitrogen and oxygen atoms in total. The van der Waals surface area contributed by atoms with Gasteiger partial charge in [0.15, 0.2) is 0 Å². The van der Waals surface area contributed by atoms with Crippen LogP contribution >= 0.6 is 0 Å². The van der Waals surface area contributed by atoms with Crippen molar-refractivity contribution in [1.29, 1.82) is 0 Å². The molecule has 13 heavy (non-hydrogen) atoms. The zero-order valence-corrected chi connectivity index (χ0v) is 8.84. The number of hydrogen-bond acceptors (Lipinski definition) is 3. The van der Waals surface area contributed by atoms with Crippen LogP contribution in [0.5, 0.6) is 0 Å². The number of β-amino-alcohol motifs (C(OH)–C–C–N with tert-alkyl or cyclic N) is 1. The van der Waals surface area contributed by atoms with Crippen molar-refractivity contribution in [2.45, 2.75) is 32.3 Å². The monoisotopic (exact) mass is 186 g/mol. The molecule has 1 aliphatic rings. The first-order valence-electron chi connectivity index (χ1n) is 5.35. The molecule has 3 heteroatoms. The van der Waals surface area contributed by atoms with Gasteiger partial charge >= 0.3 is 0 Å². The van der Waals surface area contributed by atoms with Crippen LogP contribution in [-0.4, -0.2) is 48.3 Å². The van der Waals surface area contributed by atoms with Gasteiger partial charge < -0.3 is 15.3 Å². The standard InChI is InChI=1S/C10H22N2O/c1-3-12(4-2)9-10(13)6-5-7-11-8-10/h11,13H,3-9H2,1-2H3. The second-order valence-corrected chi connectivity index (χ2v) is 3.97. The van der Waals surface area contributed by atoms with Gasteiger partial charge in [-0.2, -0.15) is 0 Å². The van der Waals surface area contributed by atoms with Crippen molar-refractivity contribution >= 4 is 0 Å². The summed E-state index contributed by atoms with van der Waals surface area (Å²) in [6, 6.07) is 0. The average Bonchev–Trinajstić information content (AvgIpc) is 2.15. The van der Waals surface area contributed by atoms with Crippen LogP contribution in [0.4, 0.5) is 0 Å². The molecule has 1 heterocycles. The molecule has 0 aliphatic carbocycles. The van der Waals surface area contributed by atoms with E-state index in [1.807, 2.05) is 0 Å². The summed E-state index contributed by atoms with van der Waals surface area (Å²) in [5.41, 5.74) is -0.482. The van der Waals surface area contributed by atoms with Gasteiger partial charge in [0.25, 0.3) is 0 Å². The Morgan fingerprint density at radius 1 is 1.38 bits per heavy atom. The lowest BCUT2D eigenvalue weighted by atomic mass is 9.93. The molecule has 1 rings (SSSR count). The Labute approximate surface area is 81.1 Å². The van der Waals surface area contributed by atoms with Gasteiger partial charge in [0.1, 0.15) is 0 Å². The highest BCUT2D eigenvalue weighted by Gasteiger charge is 2.30. The second kappa shape index (κ2) is 4.94. The third kappa shape index (κ3) is 3.25. The third-order valence-electron chi connectivity index (χ3n) is 2.86. The fourth-order valence-electron chi connectivity index (χ4n) is 1.95. The summed E-state index contributed by atoms with van der Waals surface area (Å²) in [5, 5.41) is 13.5. The molecule has 1 aliphatic heterocycles. The predicted molar refractivity (Wildman–Crippen MR) is 54.8 cm³/mol. The van der Waals surface area contributed by atoms with E-state index >= 15 is 0 Å². The van der Waals surface area contributed by atoms with Crippen LogP contribution in [0.3, 0.4) is 0 Å². The topological polar surface area (TPSA) is 35.5 Å². The molecule has 0 amide bonds. The fraction of sp³-hybridized carbons (Fsp3) is 1.00. The Bertz CT molecular complexity index is 140. The molecule has 1 unspecified atom stereocenters. The van der Waals surface area contributed by atoms with Gasteiger partial charge in [-0.1, -0.05) is 13.8 Å². The van der Waals surface area contributed by atoms with Crippen LogP contribution in [-0.2, 0) is 0 Å². The normalized spacial score (nSPS) is 29.5. The van der Waals surface area contributed by atoms with E-state index in [4.69, 9.17) is 0 Å². The van der Waals surface area contributed by atoms with Gasteiger partial charge in [-0.05, 0) is 32.5 Å². The van der Waals surface area contributed by atoms with E-state index in [0.29, 0.717) is 0 Å². The first-order valence-corrected chi connectivity index (χ1v) is 5.35. The van der Waals surface area contributed by atoms with E-state index < -0.39 is 5.60 Å². The van der Waals surface area contributed by atoms with Gasteiger partial charge in [0, 0.05) is 13.1 Å². The summed E-state index contributed by atoms with van der Waals surface area (Å²) in [6.45, 7) is 8.96. The Kier molecular flexibility index (Phi) is 4.16. The lowest BCUT2D eigenvalue weighted by Gasteiger charge is -2.36. The number of piperidine rings is 1. The lowest BCUT2D eigenvalue weighted by Crippen LogP contribution is -2.52. The van der Waals surface area contributed by atoms with E-state index in [1.54, 1.807) is 0 Å². The van der Waals surface area contributed by atoms with Crippen molar-refractivity contribution in [3.05, 3.63) is 0 Å². The van der Waals surface area contributed by atoms with Crippen molar-refractivity contribution in [1.82, 2.24) is 10.2 Å². The maximum atomic E-state index is 10.2. The summed E-state index contributed by atoms with van der Waals surface area (Å²) < 4.78 is 0. The Morgan fingerprint density at radius 3 is 2.54 bits per heavy atom. The predicted octanol–water partition coefficient (Wildman–Crippen LogP) is 0.443. The molecule has 0 spiro atoms. The van der Waals surface area contributed by atoms with Gasteiger partial charge in [0.2, 0.25) is 0 Å². The quantitative estimate of drug-likeness (QED) is 0.669. The van der Waals surface area contributed by atoms with E-state index in [0.717, 1.165) is 45.6 Å². The van der Waals surface area contributed by atoms with Crippen molar-refractivity contribution in [2.75, 3.05) is 32.7 Å². The zero-order chi connectivity index (χ0) is 9.73. The fourth-order valence-corrected chi connectivity index (χ4v) is 1.95. The minimum absolute atomic E-state index is 0.482. The molecular weight excluding hydrogens is 164 g/mol. The van der Waals surface area contributed by atoms with Crippen molar-refractivity contribution in [3.63, 3.8) is 0 Å². The lowest BCUT2D eigenvalue weighted by molar-refractivity contribution is -0.0131. The molecule has 0 saturated carbocycles. The summed E-state index contributed by atoms with van der Waals surface area (Å²) in [7, 11) is 0. The summed E-state index contributed by atoms with van der Waals surface area (Å²) in [5.74, 6) is 0. The Balaban J connectivity index is 2.39. The molecular formula is C10H22N2O. The van der Waals surface area contributed by atoms with Crippen molar-refractivity contribution < 1.29 is 5.11 Å². The molecule has 0 radical (unpaired) electrons. The first kappa shape index (κ1) is 11.0. The van der Waals surface area contributed by atoms with Crippen LogP contribution in [0.25, 0.3) is 0 Å². The number of rotatable bonds is 4. The van der Waals surface area contributed by atoms with Crippen molar-refractivity contribution in [2.24, 2.45) is 0 Å². The van der Waals surface area contributed by atoms with Crippen LogP contribution in [0, 0.1) is 0 Å². The summed E-state index contributed by atoms with van der Waals surface area (Å²) in [4.78, 5) is 2.28. The molecule has 0 bridgehead atoms. The molecule has 0 aromatic carbocycles. The molecule has 0 aromatic heterocycles. The molecule has 78 valence electrons. The largest absolute Gasteiger partial charge is 0.387 e. The third-order valence-corrected chi connectivity index (χ3v) is 2.86. The van der Waals surface area contributed by atoms with Gasteiger partial charge in [0.05, 0.1) is 5.60 Å². The highest BCUT2D eigenvalue weighted by Crippen LogP contribution is 2.17. The smallest absolute Gasteiger partial charge is 0.0898 e. The number of likely N-dealkylation sites (N-methyl/N-ethyl adjacent to an activating group) is 1. The van der Waals surface area contributed by atoms with Crippen LogP contribution in [0.1, 0.15) is 26.7 Å². The number of hydrogen-bond donors (Lipinski definition) is 2. The van der Waals surface area contributed by atoms with E-state index in [9.17, 15) is 5.11 Å². The average molecular weight is 186 g/mol. The Morgan fingerprint density at radius 2 is 2.08 bits per heavy atom. The Hall–Kier alpha value is -0.120. The van der Waals surface area contributed by atoms with E-state index in [-0.39, 0.29) is 0 Å². The van der Waals surface area contributed by atoms with Crippen molar-refractivity contribution in [3.8, 4) is 0 Å². The van der Waals surface area contributed by atoms with Gasteiger partial charge in [-0.25, -0.2) is 0 Å².